The Morgan fingerprint density at radius 2 is 2.25 bits per heavy atom. The SMILES string of the molecule is Cn1cc(CC(=O)O)ccc1=O. The summed E-state index contributed by atoms with van der Waals surface area (Å²) in [6, 6.07) is 2.88. The Bertz CT molecular complexity index is 354. The summed E-state index contributed by atoms with van der Waals surface area (Å²) in [7, 11) is 1.59. The molecule has 0 saturated carbocycles. The average molecular weight is 167 g/mol. The van der Waals surface area contributed by atoms with Crippen LogP contribution in [-0.2, 0) is 18.3 Å². The van der Waals surface area contributed by atoms with Crippen LogP contribution >= 0.6 is 0 Å². The minimum absolute atomic E-state index is 0.0475. The van der Waals surface area contributed by atoms with Crippen molar-refractivity contribution >= 4 is 5.97 Å². The largest absolute Gasteiger partial charge is 0.481 e. The van der Waals surface area contributed by atoms with Crippen molar-refractivity contribution in [2.75, 3.05) is 0 Å². The van der Waals surface area contributed by atoms with Gasteiger partial charge in [0.15, 0.2) is 0 Å². The number of nitrogens with zero attached hydrogens (tertiary/aromatic N) is 1. The monoisotopic (exact) mass is 167 g/mol. The first-order chi connectivity index (χ1) is 5.59. The number of carboxylic acid groups (broad SMARTS) is 1. The number of carboxylic acids is 1. The molecule has 12 heavy (non-hydrogen) atoms. The molecule has 0 atom stereocenters. The minimum Gasteiger partial charge on any atom is -0.481 e. The van der Waals surface area contributed by atoms with Gasteiger partial charge in [0.05, 0.1) is 6.42 Å². The lowest BCUT2D eigenvalue weighted by Gasteiger charge is -1.99. The highest BCUT2D eigenvalue weighted by atomic mass is 16.4. The lowest BCUT2D eigenvalue weighted by molar-refractivity contribution is -0.136. The van der Waals surface area contributed by atoms with E-state index < -0.39 is 5.97 Å². The van der Waals surface area contributed by atoms with Crippen LogP contribution in [0.1, 0.15) is 5.56 Å². The van der Waals surface area contributed by atoms with Gasteiger partial charge in [0.2, 0.25) is 5.56 Å². The number of hydrogen-bond acceptors (Lipinski definition) is 2. The molecule has 0 aliphatic carbocycles. The van der Waals surface area contributed by atoms with Gasteiger partial charge in [0.1, 0.15) is 0 Å². The number of hydrogen-bond donors (Lipinski definition) is 1. The zero-order valence-electron chi connectivity index (χ0n) is 6.65. The van der Waals surface area contributed by atoms with Crippen molar-refractivity contribution in [2.45, 2.75) is 6.42 Å². The maximum Gasteiger partial charge on any atom is 0.307 e. The second kappa shape index (κ2) is 3.21. The van der Waals surface area contributed by atoms with E-state index in [2.05, 4.69) is 0 Å². The zero-order chi connectivity index (χ0) is 9.14. The molecule has 0 unspecified atom stereocenters. The van der Waals surface area contributed by atoms with Gasteiger partial charge in [0.25, 0.3) is 0 Å². The number of aromatic nitrogens is 1. The van der Waals surface area contributed by atoms with Crippen molar-refractivity contribution in [1.82, 2.24) is 4.57 Å². The molecule has 0 aliphatic heterocycles. The number of rotatable bonds is 2. The van der Waals surface area contributed by atoms with Gasteiger partial charge in [-0.25, -0.2) is 0 Å². The van der Waals surface area contributed by atoms with Gasteiger partial charge in [0, 0.05) is 19.3 Å². The number of pyridine rings is 1. The lowest BCUT2D eigenvalue weighted by Crippen LogP contribution is -2.15. The topological polar surface area (TPSA) is 59.3 Å². The highest BCUT2D eigenvalue weighted by molar-refractivity contribution is 5.69. The van der Waals surface area contributed by atoms with E-state index in [1.165, 1.54) is 22.9 Å². The molecule has 0 aromatic carbocycles. The van der Waals surface area contributed by atoms with E-state index in [1.54, 1.807) is 7.05 Å². The maximum atomic E-state index is 10.9. The van der Waals surface area contributed by atoms with Crippen LogP contribution in [0.5, 0.6) is 0 Å². The molecule has 0 aliphatic rings. The summed E-state index contributed by atoms with van der Waals surface area (Å²) in [6.07, 6.45) is 1.48. The van der Waals surface area contributed by atoms with Gasteiger partial charge in [-0.2, -0.15) is 0 Å². The van der Waals surface area contributed by atoms with Crippen LogP contribution in [-0.4, -0.2) is 15.6 Å². The van der Waals surface area contributed by atoms with Gasteiger partial charge in [-0.1, -0.05) is 6.07 Å². The molecule has 0 radical (unpaired) electrons. The van der Waals surface area contributed by atoms with Crippen molar-refractivity contribution < 1.29 is 9.90 Å². The van der Waals surface area contributed by atoms with E-state index in [4.69, 9.17) is 5.11 Å². The van der Waals surface area contributed by atoms with Crippen LogP contribution in [0.3, 0.4) is 0 Å². The first-order valence-corrected chi connectivity index (χ1v) is 3.47. The van der Waals surface area contributed by atoms with Crippen LogP contribution in [0, 0.1) is 0 Å². The molecule has 4 nitrogen and oxygen atoms in total. The molecule has 4 heteroatoms. The standard InChI is InChI=1S/C8H9NO3/c1-9-5-6(4-8(11)12)2-3-7(9)10/h2-3,5H,4H2,1H3,(H,11,12). The summed E-state index contributed by atoms with van der Waals surface area (Å²) >= 11 is 0. The van der Waals surface area contributed by atoms with Gasteiger partial charge < -0.3 is 9.67 Å². The van der Waals surface area contributed by atoms with E-state index in [9.17, 15) is 9.59 Å². The van der Waals surface area contributed by atoms with E-state index in [0.717, 1.165) is 0 Å². The van der Waals surface area contributed by atoms with Crippen molar-refractivity contribution in [2.24, 2.45) is 7.05 Å². The van der Waals surface area contributed by atoms with Crippen LogP contribution in [0.2, 0.25) is 0 Å². The average Bonchev–Trinajstić information content (AvgIpc) is 1.96. The molecule has 0 spiro atoms. The summed E-state index contributed by atoms with van der Waals surface area (Å²) in [6.45, 7) is 0. The fraction of sp³-hybridized carbons (Fsp3) is 0.250. The van der Waals surface area contributed by atoms with Crippen molar-refractivity contribution in [3.8, 4) is 0 Å². The molecule has 0 bridgehead atoms. The van der Waals surface area contributed by atoms with Crippen molar-refractivity contribution in [3.05, 3.63) is 34.2 Å². The van der Waals surface area contributed by atoms with Crippen LogP contribution < -0.4 is 5.56 Å². The molecule has 1 N–H and O–H groups in total. The summed E-state index contributed by atoms with van der Waals surface area (Å²) < 4.78 is 1.36. The molecule has 0 fully saturated rings. The molecule has 64 valence electrons. The third kappa shape index (κ3) is 1.95. The Balaban J connectivity index is 2.97. The first-order valence-electron chi connectivity index (χ1n) is 3.47. The molecule has 0 saturated heterocycles. The molecular formula is C8H9NO3. The molecule has 1 aromatic rings. The Labute approximate surface area is 69.1 Å². The molecule has 1 heterocycles. The van der Waals surface area contributed by atoms with Crippen molar-refractivity contribution in [1.29, 1.82) is 0 Å². The Morgan fingerprint density at radius 1 is 1.58 bits per heavy atom. The highest BCUT2D eigenvalue weighted by Gasteiger charge is 2.00. The third-order valence-corrected chi connectivity index (χ3v) is 1.50. The highest BCUT2D eigenvalue weighted by Crippen LogP contribution is 1.95. The smallest absolute Gasteiger partial charge is 0.307 e. The summed E-state index contributed by atoms with van der Waals surface area (Å²) in [5.74, 6) is -0.895. The zero-order valence-corrected chi connectivity index (χ0v) is 6.65. The Morgan fingerprint density at radius 3 is 2.75 bits per heavy atom. The van der Waals surface area contributed by atoms with Gasteiger partial charge in [-0.3, -0.25) is 9.59 Å². The maximum absolute atomic E-state index is 10.9. The van der Waals surface area contributed by atoms with E-state index in [0.29, 0.717) is 5.56 Å². The Kier molecular flexibility index (Phi) is 2.28. The van der Waals surface area contributed by atoms with Crippen LogP contribution in [0.15, 0.2) is 23.1 Å². The van der Waals surface area contributed by atoms with E-state index >= 15 is 0 Å². The fourth-order valence-corrected chi connectivity index (χ4v) is 0.930. The van der Waals surface area contributed by atoms with E-state index in [1.807, 2.05) is 0 Å². The normalized spacial score (nSPS) is 9.75. The molecule has 1 aromatic heterocycles. The van der Waals surface area contributed by atoms with Gasteiger partial charge in [-0.05, 0) is 5.56 Å². The minimum atomic E-state index is -0.895. The van der Waals surface area contributed by atoms with Crippen molar-refractivity contribution in [3.63, 3.8) is 0 Å². The molecule has 0 amide bonds. The predicted octanol–water partition coefficient (Wildman–Crippen LogP) is 0.0124. The third-order valence-electron chi connectivity index (χ3n) is 1.50. The first kappa shape index (κ1) is 8.52. The number of carbonyl (C=O) groups is 1. The Hall–Kier alpha value is -1.58. The fourth-order valence-electron chi connectivity index (χ4n) is 0.930. The second-order valence-corrected chi connectivity index (χ2v) is 2.56. The molecular weight excluding hydrogens is 158 g/mol. The predicted molar refractivity (Wildman–Crippen MR) is 43.0 cm³/mol. The van der Waals surface area contributed by atoms with Crippen LogP contribution in [0.25, 0.3) is 0 Å². The summed E-state index contributed by atoms with van der Waals surface area (Å²) in [5, 5.41) is 8.44. The quantitative estimate of drug-likeness (QED) is 0.675. The molecule has 1 rings (SSSR count). The van der Waals surface area contributed by atoms with Gasteiger partial charge >= 0.3 is 5.97 Å². The van der Waals surface area contributed by atoms with E-state index in [-0.39, 0.29) is 12.0 Å². The summed E-state index contributed by atoms with van der Waals surface area (Å²) in [5.41, 5.74) is 0.494. The lowest BCUT2D eigenvalue weighted by atomic mass is 10.2. The van der Waals surface area contributed by atoms with Crippen LogP contribution in [0.4, 0.5) is 0 Å². The van der Waals surface area contributed by atoms with Gasteiger partial charge in [-0.15, -0.1) is 0 Å². The number of aliphatic carboxylic acids is 1. The summed E-state index contributed by atoms with van der Waals surface area (Å²) in [4.78, 5) is 21.2. The second-order valence-electron chi connectivity index (χ2n) is 2.56. The number of aryl methyl sites for hydroxylation is 1.